The van der Waals surface area contributed by atoms with Crippen molar-refractivity contribution in [3.8, 4) is 5.75 Å². The Morgan fingerprint density at radius 3 is 2.56 bits per heavy atom. The first kappa shape index (κ1) is 21.7. The molecule has 4 rings (SSSR count). The minimum atomic E-state index is -0.216. The van der Waals surface area contributed by atoms with E-state index in [2.05, 4.69) is 15.4 Å². The average molecular weight is 449 g/mol. The molecule has 8 heteroatoms. The van der Waals surface area contributed by atoms with E-state index in [0.717, 1.165) is 17.0 Å². The molecule has 0 aliphatic heterocycles. The normalized spacial score (nSPS) is 11.9. The van der Waals surface area contributed by atoms with E-state index in [-0.39, 0.29) is 24.0 Å². The third-order valence-corrected chi connectivity index (χ3v) is 6.13. The topological polar surface area (TPSA) is 85.6 Å². The van der Waals surface area contributed by atoms with Gasteiger partial charge in [-0.15, -0.1) is 0 Å². The maximum Gasteiger partial charge on any atom is 0.275 e. The molecule has 4 aromatic rings. The number of carbonyl (C=O) groups is 1. The zero-order valence-electron chi connectivity index (χ0n) is 17.9. The van der Waals surface area contributed by atoms with Crippen molar-refractivity contribution in [3.05, 3.63) is 87.3 Å². The van der Waals surface area contributed by atoms with Crippen LogP contribution in [-0.4, -0.2) is 20.5 Å². The molecule has 32 heavy (non-hydrogen) atoms. The van der Waals surface area contributed by atoms with Gasteiger partial charge in [0.05, 0.1) is 11.6 Å². The summed E-state index contributed by atoms with van der Waals surface area (Å²) < 4.78 is 7.11. The van der Waals surface area contributed by atoms with Crippen molar-refractivity contribution in [2.24, 2.45) is 0 Å². The molecular formula is C24H24N4O3S. The largest absolute Gasteiger partial charge is 0.487 e. The number of amides is 1. The maximum absolute atomic E-state index is 12.7. The fraction of sp³-hybridized carbons (Fsp3) is 0.250. The van der Waals surface area contributed by atoms with Crippen LogP contribution in [0.5, 0.6) is 5.75 Å². The summed E-state index contributed by atoms with van der Waals surface area (Å²) in [5, 5.41) is 8.08. The second-order valence-electron chi connectivity index (χ2n) is 7.30. The molecule has 1 amide bonds. The van der Waals surface area contributed by atoms with Gasteiger partial charge in [-0.05, 0) is 42.7 Å². The van der Waals surface area contributed by atoms with E-state index in [9.17, 15) is 9.59 Å². The molecule has 0 saturated heterocycles. The molecule has 1 N–H and O–H groups in total. The first-order valence-corrected chi connectivity index (χ1v) is 11.4. The van der Waals surface area contributed by atoms with Crippen molar-refractivity contribution in [1.82, 2.24) is 14.6 Å². The van der Waals surface area contributed by atoms with Gasteiger partial charge < -0.3 is 10.1 Å². The van der Waals surface area contributed by atoms with E-state index >= 15 is 0 Å². The van der Waals surface area contributed by atoms with Crippen LogP contribution in [0.15, 0.2) is 65.5 Å². The Morgan fingerprint density at radius 1 is 1.12 bits per heavy atom. The highest BCUT2D eigenvalue weighted by Gasteiger charge is 2.18. The number of carbonyl (C=O) groups excluding carboxylic acids is 1. The van der Waals surface area contributed by atoms with E-state index in [1.54, 1.807) is 24.3 Å². The Hall–Kier alpha value is -3.52. The Labute approximate surface area is 189 Å². The van der Waals surface area contributed by atoms with Gasteiger partial charge in [-0.3, -0.25) is 9.59 Å². The lowest BCUT2D eigenvalue weighted by Gasteiger charge is -2.15. The van der Waals surface area contributed by atoms with Crippen molar-refractivity contribution in [2.45, 2.75) is 39.2 Å². The van der Waals surface area contributed by atoms with Gasteiger partial charge in [0.15, 0.2) is 0 Å². The maximum atomic E-state index is 12.7. The summed E-state index contributed by atoms with van der Waals surface area (Å²) in [4.78, 5) is 30.0. The molecule has 0 saturated carbocycles. The second kappa shape index (κ2) is 9.74. The Balaban J connectivity index is 1.39. The molecule has 0 bridgehead atoms. The molecule has 0 aliphatic rings. The molecule has 2 aromatic carbocycles. The van der Waals surface area contributed by atoms with Crippen molar-refractivity contribution in [3.63, 3.8) is 0 Å². The smallest absolute Gasteiger partial charge is 0.275 e. The first-order valence-electron chi connectivity index (χ1n) is 10.5. The third kappa shape index (κ3) is 4.86. The lowest BCUT2D eigenvalue weighted by molar-refractivity contribution is -0.117. The van der Waals surface area contributed by atoms with Crippen LogP contribution in [0.1, 0.15) is 42.5 Å². The Bertz CT molecular complexity index is 1270. The lowest BCUT2D eigenvalue weighted by Crippen LogP contribution is -2.20. The molecule has 0 radical (unpaired) electrons. The first-order chi connectivity index (χ1) is 15.6. The minimum Gasteiger partial charge on any atom is -0.487 e. The number of aryl methyl sites for hydroxylation is 1. The molecule has 7 nitrogen and oxygen atoms in total. The highest BCUT2D eigenvalue weighted by atomic mass is 32.1. The van der Waals surface area contributed by atoms with Crippen LogP contribution in [0, 0.1) is 0 Å². The molecule has 2 heterocycles. The number of ether oxygens (including phenoxy) is 1. The van der Waals surface area contributed by atoms with Gasteiger partial charge in [-0.2, -0.15) is 9.61 Å². The summed E-state index contributed by atoms with van der Waals surface area (Å²) in [5.41, 5.74) is 2.03. The molecule has 0 unspecified atom stereocenters. The molecule has 1 atom stereocenters. The fourth-order valence-electron chi connectivity index (χ4n) is 3.39. The monoisotopic (exact) mass is 448 g/mol. The van der Waals surface area contributed by atoms with Crippen LogP contribution in [0.4, 0.5) is 5.69 Å². The Morgan fingerprint density at radius 2 is 1.88 bits per heavy atom. The van der Waals surface area contributed by atoms with E-state index in [4.69, 9.17) is 4.74 Å². The summed E-state index contributed by atoms with van der Waals surface area (Å²) in [7, 11) is 0. The van der Waals surface area contributed by atoms with Crippen molar-refractivity contribution in [2.75, 3.05) is 5.32 Å². The van der Waals surface area contributed by atoms with E-state index in [0.29, 0.717) is 28.5 Å². The third-order valence-electron chi connectivity index (χ3n) is 5.08. The summed E-state index contributed by atoms with van der Waals surface area (Å²) in [6.45, 7) is 4.16. The quantitative estimate of drug-likeness (QED) is 0.431. The van der Waals surface area contributed by atoms with Crippen LogP contribution in [-0.2, 0) is 17.8 Å². The SMILES string of the molecule is CCc1nn2c(=O)cc(COc3ccc(NC(=O)[C@H](CC)c4ccccc4)cc3)nc2s1. The van der Waals surface area contributed by atoms with Gasteiger partial charge in [-0.25, -0.2) is 4.98 Å². The van der Waals surface area contributed by atoms with Crippen molar-refractivity contribution < 1.29 is 9.53 Å². The predicted molar refractivity (Wildman–Crippen MR) is 125 cm³/mol. The number of hydrogen-bond donors (Lipinski definition) is 1. The zero-order valence-corrected chi connectivity index (χ0v) is 18.8. The zero-order chi connectivity index (χ0) is 22.5. The summed E-state index contributed by atoms with van der Waals surface area (Å²) in [5.74, 6) is 0.382. The van der Waals surface area contributed by atoms with E-state index in [1.807, 2.05) is 44.2 Å². The molecule has 0 spiro atoms. The predicted octanol–water partition coefficient (Wildman–Crippen LogP) is 4.42. The van der Waals surface area contributed by atoms with Gasteiger partial charge in [0.1, 0.15) is 17.4 Å². The number of nitrogens with zero attached hydrogens (tertiary/aromatic N) is 3. The van der Waals surface area contributed by atoms with E-state index in [1.165, 1.54) is 21.9 Å². The highest BCUT2D eigenvalue weighted by Crippen LogP contribution is 2.23. The number of rotatable bonds is 8. The molecular weight excluding hydrogens is 424 g/mol. The summed E-state index contributed by atoms with van der Waals surface area (Å²) in [6.07, 6.45) is 1.47. The van der Waals surface area contributed by atoms with Gasteiger partial charge in [0.25, 0.3) is 5.56 Å². The summed E-state index contributed by atoms with van der Waals surface area (Å²) in [6, 6.07) is 18.4. The average Bonchev–Trinajstić information content (AvgIpc) is 3.24. The molecule has 0 fully saturated rings. The van der Waals surface area contributed by atoms with Crippen molar-refractivity contribution in [1.29, 1.82) is 0 Å². The lowest BCUT2D eigenvalue weighted by atomic mass is 9.95. The van der Waals surface area contributed by atoms with Crippen LogP contribution >= 0.6 is 11.3 Å². The van der Waals surface area contributed by atoms with Gasteiger partial charge >= 0.3 is 0 Å². The van der Waals surface area contributed by atoms with E-state index < -0.39 is 0 Å². The molecule has 2 aromatic heterocycles. The van der Waals surface area contributed by atoms with Crippen LogP contribution in [0.3, 0.4) is 0 Å². The number of aromatic nitrogens is 3. The number of nitrogens with one attached hydrogen (secondary N) is 1. The highest BCUT2D eigenvalue weighted by molar-refractivity contribution is 7.16. The Kier molecular flexibility index (Phi) is 6.61. The standard InChI is InChI=1S/C24H24N4O3S/c1-3-20(16-8-6-5-7-9-16)23(30)25-17-10-12-19(13-11-17)31-15-18-14-22(29)28-24(26-18)32-21(4-2)27-28/h5-14,20H,3-4,15H2,1-2H3,(H,25,30)/t20-/m1/s1. The number of fused-ring (bicyclic) bond motifs is 1. The number of anilines is 1. The van der Waals surface area contributed by atoms with Gasteiger partial charge in [0.2, 0.25) is 10.9 Å². The fourth-order valence-corrected chi connectivity index (χ4v) is 4.25. The van der Waals surface area contributed by atoms with Gasteiger partial charge in [0, 0.05) is 11.8 Å². The van der Waals surface area contributed by atoms with Crippen LogP contribution < -0.4 is 15.6 Å². The second-order valence-corrected chi connectivity index (χ2v) is 8.34. The number of hydrogen-bond acceptors (Lipinski definition) is 6. The summed E-state index contributed by atoms with van der Waals surface area (Å²) >= 11 is 1.40. The molecule has 164 valence electrons. The van der Waals surface area contributed by atoms with Crippen LogP contribution in [0.2, 0.25) is 0 Å². The van der Waals surface area contributed by atoms with Gasteiger partial charge in [-0.1, -0.05) is 55.5 Å². The molecule has 0 aliphatic carbocycles. The van der Waals surface area contributed by atoms with Crippen LogP contribution in [0.25, 0.3) is 4.96 Å². The minimum absolute atomic E-state index is 0.0404. The number of benzene rings is 2. The van der Waals surface area contributed by atoms with Crippen molar-refractivity contribution >= 4 is 27.9 Å².